The quantitative estimate of drug-likeness (QED) is 0.164. The Morgan fingerprint density at radius 3 is 2.42 bits per heavy atom. The van der Waals surface area contributed by atoms with Gasteiger partial charge in [0.05, 0.1) is 41.4 Å². The third-order valence-corrected chi connectivity index (χ3v) is 6.16. The lowest BCUT2D eigenvalue weighted by atomic mass is 9.99. The fraction of sp³-hybridized carbons (Fsp3) is 0.292. The van der Waals surface area contributed by atoms with Crippen LogP contribution in [0.2, 0.25) is 0 Å². The van der Waals surface area contributed by atoms with Crippen LogP contribution < -0.4 is 27.8 Å². The molecule has 1 aromatic carbocycles. The van der Waals surface area contributed by atoms with E-state index < -0.39 is 53.8 Å². The van der Waals surface area contributed by atoms with Crippen molar-refractivity contribution in [2.45, 2.75) is 26.2 Å². The average Bonchev–Trinajstić information content (AvgIpc) is 2.79. The Morgan fingerprint density at radius 1 is 1.16 bits per heavy atom. The van der Waals surface area contributed by atoms with Gasteiger partial charge in [0, 0.05) is 38.0 Å². The number of nitrogens with two attached hydrogens (primary N) is 2. The highest BCUT2D eigenvalue weighted by atomic mass is 19.4. The first-order valence-corrected chi connectivity index (χ1v) is 11.2. The molecule has 2 aromatic heterocycles. The molecule has 1 saturated heterocycles. The Hall–Kier alpha value is -4.22. The molecule has 1 aliphatic rings. The van der Waals surface area contributed by atoms with Crippen molar-refractivity contribution in [3.63, 3.8) is 0 Å². The summed E-state index contributed by atoms with van der Waals surface area (Å²) in [5.41, 5.74) is 3.43. The number of benzene rings is 1. The van der Waals surface area contributed by atoms with E-state index in [0.717, 1.165) is 9.13 Å². The zero-order chi connectivity index (χ0) is 27.9. The van der Waals surface area contributed by atoms with Crippen LogP contribution in [0.1, 0.15) is 11.3 Å². The molecule has 0 bridgehead atoms. The number of likely N-dealkylation sites (tertiary alicyclic amines) is 1. The molecule has 4 rings (SSSR count). The van der Waals surface area contributed by atoms with Gasteiger partial charge < -0.3 is 5.73 Å². The number of halogens is 5. The normalized spacial score (nSPS) is 14.3. The van der Waals surface area contributed by atoms with E-state index in [4.69, 9.17) is 18.0 Å². The molecule has 0 spiro atoms. The Balaban J connectivity index is 1.97. The van der Waals surface area contributed by atoms with Crippen molar-refractivity contribution in [3.05, 3.63) is 74.3 Å². The number of aryl methyl sites for hydroxylation is 1. The van der Waals surface area contributed by atoms with E-state index >= 15 is 0 Å². The van der Waals surface area contributed by atoms with Gasteiger partial charge in [0.1, 0.15) is 5.69 Å². The van der Waals surface area contributed by atoms with Gasteiger partial charge in [-0.1, -0.05) is 5.92 Å². The van der Waals surface area contributed by atoms with Crippen LogP contribution in [-0.4, -0.2) is 38.3 Å². The van der Waals surface area contributed by atoms with Crippen LogP contribution in [-0.2, 0) is 13.1 Å². The minimum absolute atomic E-state index is 0.0614. The van der Waals surface area contributed by atoms with E-state index in [9.17, 15) is 31.5 Å². The number of anilines is 3. The van der Waals surface area contributed by atoms with Crippen molar-refractivity contribution in [1.82, 2.24) is 19.0 Å². The van der Waals surface area contributed by atoms with Crippen molar-refractivity contribution in [3.8, 4) is 18.0 Å². The van der Waals surface area contributed by atoms with Crippen molar-refractivity contribution >= 4 is 17.1 Å². The fourth-order valence-corrected chi connectivity index (χ4v) is 4.22. The number of rotatable bonds is 6. The van der Waals surface area contributed by atoms with Gasteiger partial charge in [-0.05, 0) is 18.6 Å². The topological polar surface area (TPSA) is 115 Å². The van der Waals surface area contributed by atoms with Crippen LogP contribution in [0, 0.1) is 36.8 Å². The summed E-state index contributed by atoms with van der Waals surface area (Å²) in [6.45, 7) is 0.192. The molecule has 4 N–H and O–H groups in total. The van der Waals surface area contributed by atoms with E-state index in [1.807, 2.05) is 0 Å². The van der Waals surface area contributed by atoms with E-state index in [-0.39, 0.29) is 35.8 Å². The Morgan fingerprint density at radius 2 is 1.82 bits per heavy atom. The molecule has 200 valence electrons. The molecule has 3 aromatic rings. The molecule has 0 atom stereocenters. The second-order valence-corrected chi connectivity index (χ2v) is 8.86. The maximum atomic E-state index is 14.1. The van der Waals surface area contributed by atoms with Crippen LogP contribution in [0.5, 0.6) is 0 Å². The maximum absolute atomic E-state index is 14.1. The monoisotopic (exact) mass is 535 g/mol. The van der Waals surface area contributed by atoms with Gasteiger partial charge >= 0.3 is 11.9 Å². The molecule has 0 amide bonds. The zero-order valence-corrected chi connectivity index (χ0v) is 20.0. The minimum Gasteiger partial charge on any atom is -0.397 e. The van der Waals surface area contributed by atoms with Gasteiger partial charge in [-0.3, -0.25) is 24.3 Å². The molecule has 9 nitrogen and oxygen atoms in total. The highest BCUT2D eigenvalue weighted by Gasteiger charge is 2.47. The minimum atomic E-state index is -4.42. The number of hydrazine groups is 1. The first-order chi connectivity index (χ1) is 17.8. The molecule has 38 heavy (non-hydrogen) atoms. The molecule has 0 unspecified atom stereocenters. The molecule has 0 saturated carbocycles. The van der Waals surface area contributed by atoms with E-state index in [2.05, 4.69) is 10.9 Å². The van der Waals surface area contributed by atoms with Gasteiger partial charge in [0.2, 0.25) is 0 Å². The van der Waals surface area contributed by atoms with Crippen molar-refractivity contribution in [2.75, 3.05) is 23.8 Å². The van der Waals surface area contributed by atoms with Crippen molar-refractivity contribution < 1.29 is 22.0 Å². The summed E-state index contributed by atoms with van der Waals surface area (Å²) in [5.74, 6) is 4.35. The van der Waals surface area contributed by atoms with Crippen molar-refractivity contribution in [1.29, 1.82) is 0 Å². The van der Waals surface area contributed by atoms with Crippen LogP contribution in [0.15, 0.2) is 40.2 Å². The third kappa shape index (κ3) is 4.85. The van der Waals surface area contributed by atoms with Gasteiger partial charge in [0.15, 0.2) is 11.6 Å². The summed E-state index contributed by atoms with van der Waals surface area (Å²) in [6.07, 6.45) is 3.79. The predicted molar refractivity (Wildman–Crippen MR) is 130 cm³/mol. The third-order valence-electron chi connectivity index (χ3n) is 6.16. The second-order valence-electron chi connectivity index (χ2n) is 8.86. The van der Waals surface area contributed by atoms with Gasteiger partial charge in [-0.25, -0.2) is 24.0 Å². The van der Waals surface area contributed by atoms with Gasteiger partial charge in [-0.2, -0.15) is 13.2 Å². The largest absolute Gasteiger partial charge is 0.397 e. The Kier molecular flexibility index (Phi) is 7.00. The van der Waals surface area contributed by atoms with Gasteiger partial charge in [-0.15, -0.1) is 6.42 Å². The first-order valence-electron chi connectivity index (χ1n) is 11.2. The predicted octanol–water partition coefficient (Wildman–Crippen LogP) is 2.20. The Labute approximate surface area is 212 Å². The van der Waals surface area contributed by atoms with Crippen molar-refractivity contribution in [2.24, 2.45) is 11.8 Å². The first kappa shape index (κ1) is 26.8. The summed E-state index contributed by atoms with van der Waals surface area (Å²) in [7, 11) is 0. The standard InChI is InChI=1S/C24H22F5N7O2/c1-3-4-34-20(12-33-10-14(11-33)24(27,28)29)21(36(31)19-7-17(26)16(25)6-18(19)30)22(37)35(23(34)38)15-5-13(2)8-32-9-15/h1,5-9,14H,4,10-12,30-31H2,2H3. The summed E-state index contributed by atoms with van der Waals surface area (Å²) in [4.78, 5) is 32.7. The summed E-state index contributed by atoms with van der Waals surface area (Å²) >= 11 is 0. The molecule has 0 radical (unpaired) electrons. The zero-order valence-electron chi connectivity index (χ0n) is 20.0. The number of aromatic nitrogens is 3. The number of pyridine rings is 1. The number of alkyl halides is 3. The SMILES string of the molecule is C#CCn1c(CN2CC(C(F)(F)F)C2)c(N(N)c2cc(F)c(F)cc2N)c(=O)n(-c2cncc(C)c2)c1=O. The van der Waals surface area contributed by atoms with Crippen LogP contribution >= 0.6 is 0 Å². The summed E-state index contributed by atoms with van der Waals surface area (Å²) in [6, 6.07) is 2.82. The summed E-state index contributed by atoms with van der Waals surface area (Å²) < 4.78 is 68.8. The summed E-state index contributed by atoms with van der Waals surface area (Å²) in [5, 5.41) is 0.669. The molecule has 14 heteroatoms. The number of hydrogen-bond donors (Lipinski definition) is 2. The molecule has 1 aliphatic heterocycles. The number of nitrogens with zero attached hydrogens (tertiary/aromatic N) is 5. The molecular weight excluding hydrogens is 513 g/mol. The number of hydrogen-bond acceptors (Lipinski definition) is 7. The number of terminal acetylenes is 1. The highest BCUT2D eigenvalue weighted by Crippen LogP contribution is 2.36. The van der Waals surface area contributed by atoms with Gasteiger partial charge in [0.25, 0.3) is 5.56 Å². The van der Waals surface area contributed by atoms with Crippen LogP contribution in [0.3, 0.4) is 0 Å². The number of nitrogen functional groups attached to an aromatic ring is 1. The second kappa shape index (κ2) is 9.92. The molecular formula is C24H22F5N7O2. The Bertz CT molecular complexity index is 1550. The smallest absolute Gasteiger partial charge is 0.394 e. The van der Waals surface area contributed by atoms with E-state index in [0.29, 0.717) is 22.7 Å². The molecule has 0 aliphatic carbocycles. The fourth-order valence-electron chi connectivity index (χ4n) is 4.22. The van der Waals surface area contributed by atoms with E-state index in [1.54, 1.807) is 6.92 Å². The lowest BCUT2D eigenvalue weighted by molar-refractivity contribution is -0.210. The van der Waals surface area contributed by atoms with Crippen LogP contribution in [0.25, 0.3) is 5.69 Å². The lowest BCUT2D eigenvalue weighted by Crippen LogP contribution is -2.54. The molecule has 1 fully saturated rings. The highest BCUT2D eigenvalue weighted by molar-refractivity contribution is 5.74. The molecule has 3 heterocycles. The average molecular weight is 535 g/mol. The lowest BCUT2D eigenvalue weighted by Gasteiger charge is -2.40. The van der Waals surface area contributed by atoms with E-state index in [1.165, 1.54) is 23.4 Å². The maximum Gasteiger partial charge on any atom is 0.394 e. The van der Waals surface area contributed by atoms with Crippen LogP contribution in [0.4, 0.5) is 39.0 Å².